The van der Waals surface area contributed by atoms with Crippen LogP contribution in [0.3, 0.4) is 0 Å². The second kappa shape index (κ2) is 6.37. The normalized spacial score (nSPS) is 12.2. The van der Waals surface area contributed by atoms with Gasteiger partial charge in [0.1, 0.15) is 18.5 Å². The largest absolute Gasteiger partial charge is 0.490 e. The Morgan fingerprint density at radius 3 is 2.71 bits per heavy atom. The molecular weight excluding hydrogens is 220 g/mol. The third-order valence-corrected chi connectivity index (χ3v) is 2.30. The van der Waals surface area contributed by atoms with Crippen LogP contribution in [-0.2, 0) is 4.74 Å². The number of hydrogen-bond donors (Lipinski definition) is 1. The smallest absolute Gasteiger partial charge is 0.163 e. The lowest BCUT2D eigenvalue weighted by Crippen LogP contribution is -2.23. The highest BCUT2D eigenvalue weighted by molar-refractivity contribution is 5.97. The van der Waals surface area contributed by atoms with Gasteiger partial charge in [0, 0.05) is 7.11 Å². The zero-order valence-electron chi connectivity index (χ0n) is 10.4. The summed E-state index contributed by atoms with van der Waals surface area (Å²) in [5.41, 5.74) is 1.54. The Hall–Kier alpha value is -1.39. The van der Waals surface area contributed by atoms with Crippen LogP contribution in [0.15, 0.2) is 18.2 Å². The summed E-state index contributed by atoms with van der Waals surface area (Å²) in [6, 6.07) is 5.39. The number of hydrogen-bond acceptors (Lipinski definition) is 4. The van der Waals surface area contributed by atoms with Crippen LogP contribution in [0.2, 0.25) is 0 Å². The number of methoxy groups -OCH3 is 1. The first-order valence-corrected chi connectivity index (χ1v) is 5.46. The molecule has 0 amide bonds. The van der Waals surface area contributed by atoms with E-state index < -0.39 is 6.10 Å². The molecule has 94 valence electrons. The molecule has 0 radical (unpaired) electrons. The van der Waals surface area contributed by atoms with E-state index in [1.165, 1.54) is 14.0 Å². The van der Waals surface area contributed by atoms with Crippen molar-refractivity contribution in [1.82, 2.24) is 0 Å². The maximum atomic E-state index is 11.4. The number of aliphatic hydroxyl groups excluding tert-OH is 1. The Bertz CT molecular complexity index is 387. The third-order valence-electron chi connectivity index (χ3n) is 2.30. The van der Waals surface area contributed by atoms with Crippen molar-refractivity contribution in [2.75, 3.05) is 20.3 Å². The minimum absolute atomic E-state index is 0.0510. The topological polar surface area (TPSA) is 55.8 Å². The molecule has 1 atom stereocenters. The number of rotatable bonds is 6. The van der Waals surface area contributed by atoms with Crippen LogP contribution in [0.5, 0.6) is 5.75 Å². The molecule has 0 aliphatic carbocycles. The standard InChI is InChI=1S/C13H18O4/c1-9-4-5-13(12(6-9)10(2)14)17-8-11(15)7-16-3/h4-6,11,15H,7-8H2,1-3H3. The fourth-order valence-electron chi connectivity index (χ4n) is 1.47. The van der Waals surface area contributed by atoms with Crippen molar-refractivity contribution in [2.24, 2.45) is 0 Å². The van der Waals surface area contributed by atoms with Gasteiger partial charge in [0.15, 0.2) is 5.78 Å². The molecule has 0 spiro atoms. The van der Waals surface area contributed by atoms with Crippen LogP contribution >= 0.6 is 0 Å². The number of benzene rings is 1. The van der Waals surface area contributed by atoms with E-state index in [4.69, 9.17) is 9.47 Å². The highest BCUT2D eigenvalue weighted by Gasteiger charge is 2.11. The predicted molar refractivity (Wildman–Crippen MR) is 64.6 cm³/mol. The van der Waals surface area contributed by atoms with E-state index in [0.717, 1.165) is 5.56 Å². The first-order valence-electron chi connectivity index (χ1n) is 5.46. The third kappa shape index (κ3) is 4.17. The van der Waals surface area contributed by atoms with Gasteiger partial charge in [-0.25, -0.2) is 0 Å². The van der Waals surface area contributed by atoms with Gasteiger partial charge in [-0.15, -0.1) is 0 Å². The average Bonchev–Trinajstić information content (AvgIpc) is 2.27. The number of carbonyl (C=O) groups is 1. The van der Waals surface area contributed by atoms with E-state index in [-0.39, 0.29) is 19.0 Å². The minimum Gasteiger partial charge on any atom is -0.490 e. The van der Waals surface area contributed by atoms with Crippen molar-refractivity contribution < 1.29 is 19.4 Å². The molecule has 0 fully saturated rings. The molecule has 0 bridgehead atoms. The lowest BCUT2D eigenvalue weighted by Gasteiger charge is -2.13. The van der Waals surface area contributed by atoms with E-state index in [1.54, 1.807) is 12.1 Å². The van der Waals surface area contributed by atoms with E-state index in [9.17, 15) is 9.90 Å². The number of carbonyl (C=O) groups excluding carboxylic acids is 1. The van der Waals surface area contributed by atoms with Crippen molar-refractivity contribution >= 4 is 5.78 Å². The maximum absolute atomic E-state index is 11.4. The molecule has 0 aliphatic heterocycles. The highest BCUT2D eigenvalue weighted by atomic mass is 16.5. The zero-order chi connectivity index (χ0) is 12.8. The molecule has 1 aromatic carbocycles. The number of Topliss-reactive ketones (excluding diaryl/α,β-unsaturated/α-hetero) is 1. The zero-order valence-corrected chi connectivity index (χ0v) is 10.4. The second-order valence-electron chi connectivity index (χ2n) is 3.98. The van der Waals surface area contributed by atoms with Crippen molar-refractivity contribution in [3.05, 3.63) is 29.3 Å². The SMILES string of the molecule is COCC(O)COc1ccc(C)cc1C(C)=O. The van der Waals surface area contributed by atoms with Gasteiger partial charge >= 0.3 is 0 Å². The summed E-state index contributed by atoms with van der Waals surface area (Å²) in [6.07, 6.45) is -0.693. The average molecular weight is 238 g/mol. The summed E-state index contributed by atoms with van der Waals surface area (Å²) < 4.78 is 10.2. The molecule has 4 heteroatoms. The highest BCUT2D eigenvalue weighted by Crippen LogP contribution is 2.20. The van der Waals surface area contributed by atoms with Crippen molar-refractivity contribution in [2.45, 2.75) is 20.0 Å². The Labute approximate surface area is 101 Å². The Kier molecular flexibility index (Phi) is 5.12. The van der Waals surface area contributed by atoms with Gasteiger partial charge < -0.3 is 14.6 Å². The molecule has 0 aromatic heterocycles. The Morgan fingerprint density at radius 1 is 1.41 bits per heavy atom. The van der Waals surface area contributed by atoms with Crippen molar-refractivity contribution in [3.8, 4) is 5.75 Å². The van der Waals surface area contributed by atoms with Gasteiger partial charge in [0.25, 0.3) is 0 Å². The van der Waals surface area contributed by atoms with Crippen LogP contribution in [0.25, 0.3) is 0 Å². The lowest BCUT2D eigenvalue weighted by atomic mass is 10.1. The molecule has 17 heavy (non-hydrogen) atoms. The van der Waals surface area contributed by atoms with Crippen LogP contribution in [-0.4, -0.2) is 37.3 Å². The molecule has 1 aromatic rings. The molecule has 0 saturated heterocycles. The molecule has 0 heterocycles. The van der Waals surface area contributed by atoms with Gasteiger partial charge in [0.05, 0.1) is 12.2 Å². The van der Waals surface area contributed by atoms with Crippen molar-refractivity contribution in [3.63, 3.8) is 0 Å². The number of aryl methyl sites for hydroxylation is 1. The molecule has 0 aliphatic rings. The fraction of sp³-hybridized carbons (Fsp3) is 0.462. The van der Waals surface area contributed by atoms with Crippen molar-refractivity contribution in [1.29, 1.82) is 0 Å². The summed E-state index contributed by atoms with van der Waals surface area (Å²) in [7, 11) is 1.51. The molecule has 0 saturated carbocycles. The summed E-state index contributed by atoms with van der Waals surface area (Å²) in [6.45, 7) is 3.72. The quantitative estimate of drug-likeness (QED) is 0.764. The first-order chi connectivity index (χ1) is 8.04. The van der Waals surface area contributed by atoms with Crippen LogP contribution < -0.4 is 4.74 Å². The summed E-state index contributed by atoms with van der Waals surface area (Å²) in [4.78, 5) is 11.4. The second-order valence-corrected chi connectivity index (χ2v) is 3.98. The van der Waals surface area contributed by atoms with Gasteiger partial charge in [-0.2, -0.15) is 0 Å². The number of ketones is 1. The fourth-order valence-corrected chi connectivity index (χ4v) is 1.47. The maximum Gasteiger partial charge on any atom is 0.163 e. The molecule has 4 nitrogen and oxygen atoms in total. The first kappa shape index (κ1) is 13.7. The predicted octanol–water partition coefficient (Wildman–Crippen LogP) is 1.58. The van der Waals surface area contributed by atoms with E-state index >= 15 is 0 Å². The number of aliphatic hydroxyl groups is 1. The summed E-state index contributed by atoms with van der Waals surface area (Å²) in [5, 5.41) is 9.46. The molecule has 1 N–H and O–H groups in total. The number of ether oxygens (including phenoxy) is 2. The van der Waals surface area contributed by atoms with Gasteiger partial charge in [-0.3, -0.25) is 4.79 Å². The van der Waals surface area contributed by atoms with E-state index in [1.807, 2.05) is 13.0 Å². The molecular formula is C13H18O4. The molecule has 1 rings (SSSR count). The monoisotopic (exact) mass is 238 g/mol. The summed E-state index contributed by atoms with van der Waals surface area (Å²) >= 11 is 0. The van der Waals surface area contributed by atoms with Gasteiger partial charge in [-0.1, -0.05) is 11.6 Å². The van der Waals surface area contributed by atoms with Gasteiger partial charge in [0.2, 0.25) is 0 Å². The molecule has 1 unspecified atom stereocenters. The van der Waals surface area contributed by atoms with Crippen LogP contribution in [0.4, 0.5) is 0 Å². The van der Waals surface area contributed by atoms with Crippen LogP contribution in [0, 0.1) is 6.92 Å². The Balaban J connectivity index is 2.73. The van der Waals surface area contributed by atoms with E-state index in [0.29, 0.717) is 11.3 Å². The van der Waals surface area contributed by atoms with E-state index in [2.05, 4.69) is 0 Å². The summed E-state index contributed by atoms with van der Waals surface area (Å²) in [5.74, 6) is 0.447. The van der Waals surface area contributed by atoms with Crippen LogP contribution in [0.1, 0.15) is 22.8 Å². The lowest BCUT2D eigenvalue weighted by molar-refractivity contribution is 0.0323. The minimum atomic E-state index is -0.693. The Morgan fingerprint density at radius 2 is 2.12 bits per heavy atom. The van der Waals surface area contributed by atoms with Gasteiger partial charge in [-0.05, 0) is 26.0 Å².